The first-order valence-electron chi connectivity index (χ1n) is 10.7. The average molecular weight is 443 g/mol. The fourth-order valence-electron chi connectivity index (χ4n) is 5.76. The summed E-state index contributed by atoms with van der Waals surface area (Å²) < 4.78 is 28.4. The number of carbonyl (C=O) groups is 2. The number of nitrogens with one attached hydrogen (secondary N) is 1. The van der Waals surface area contributed by atoms with E-state index < -0.39 is 28.7 Å². The van der Waals surface area contributed by atoms with Gasteiger partial charge in [-0.2, -0.15) is 0 Å². The Hall–Kier alpha value is -3.07. The molecular formula is C23H23F2N3O4. The van der Waals surface area contributed by atoms with E-state index in [9.17, 15) is 28.3 Å². The third-order valence-electron chi connectivity index (χ3n) is 7.48. The fourth-order valence-corrected chi connectivity index (χ4v) is 5.76. The Morgan fingerprint density at radius 2 is 2.03 bits per heavy atom. The van der Waals surface area contributed by atoms with Crippen molar-refractivity contribution in [3.63, 3.8) is 0 Å². The highest BCUT2D eigenvalue weighted by atomic mass is 19.1. The molecule has 2 heterocycles. The van der Waals surface area contributed by atoms with Gasteiger partial charge in [0.25, 0.3) is 5.91 Å². The van der Waals surface area contributed by atoms with Crippen molar-refractivity contribution in [2.75, 3.05) is 7.05 Å². The Bertz CT molecular complexity index is 1180. The maximum absolute atomic E-state index is 13.8. The first kappa shape index (κ1) is 20.8. The highest BCUT2D eigenvalue weighted by Crippen LogP contribution is 2.63. The number of carbonyl (C=O) groups excluding carboxylic acids is 2. The van der Waals surface area contributed by atoms with Gasteiger partial charge in [0.15, 0.2) is 12.0 Å². The molecule has 0 spiro atoms. The predicted molar refractivity (Wildman–Crippen MR) is 110 cm³/mol. The van der Waals surface area contributed by atoms with Crippen LogP contribution in [0, 0.1) is 29.4 Å². The lowest BCUT2D eigenvalue weighted by Gasteiger charge is -2.32. The van der Waals surface area contributed by atoms with Crippen molar-refractivity contribution in [1.82, 2.24) is 14.8 Å². The van der Waals surface area contributed by atoms with Crippen molar-refractivity contribution in [3.8, 4) is 5.75 Å². The second kappa shape index (κ2) is 7.51. The van der Waals surface area contributed by atoms with Gasteiger partial charge >= 0.3 is 0 Å². The molecule has 1 aromatic heterocycles. The summed E-state index contributed by atoms with van der Waals surface area (Å²) in [6.07, 6.45) is 4.03. The molecule has 1 saturated heterocycles. The van der Waals surface area contributed by atoms with Crippen LogP contribution < -0.4 is 10.7 Å². The second-order valence-corrected chi connectivity index (χ2v) is 9.06. The number of piperidine rings is 1. The number of aromatic hydroxyl groups is 1. The number of amides is 1. The summed E-state index contributed by atoms with van der Waals surface area (Å²) in [5.41, 5.74) is -1.43. The van der Waals surface area contributed by atoms with Crippen LogP contribution in [0.15, 0.2) is 29.2 Å². The van der Waals surface area contributed by atoms with Crippen molar-refractivity contribution in [3.05, 3.63) is 63.1 Å². The summed E-state index contributed by atoms with van der Waals surface area (Å²) in [5.74, 6) is -1.21. The van der Waals surface area contributed by atoms with Gasteiger partial charge in [-0.05, 0) is 43.7 Å². The van der Waals surface area contributed by atoms with Crippen LogP contribution in [0.2, 0.25) is 0 Å². The molecule has 2 bridgehead atoms. The summed E-state index contributed by atoms with van der Waals surface area (Å²) in [4.78, 5) is 39.2. The van der Waals surface area contributed by atoms with Crippen molar-refractivity contribution < 1.29 is 23.5 Å². The molecular weight excluding hydrogens is 420 g/mol. The number of hydrogen-bond acceptors (Lipinski definition) is 5. The maximum atomic E-state index is 13.8. The van der Waals surface area contributed by atoms with Crippen molar-refractivity contribution in [2.45, 2.75) is 38.0 Å². The first-order chi connectivity index (χ1) is 15.3. The van der Waals surface area contributed by atoms with Gasteiger partial charge in [-0.15, -0.1) is 0 Å². The van der Waals surface area contributed by atoms with Gasteiger partial charge in [-0.1, -0.05) is 6.07 Å². The molecule has 9 heteroatoms. The number of fused-ring (bicyclic) bond motifs is 5. The minimum Gasteiger partial charge on any atom is -0.503 e. The van der Waals surface area contributed by atoms with Crippen LogP contribution in [-0.4, -0.2) is 45.9 Å². The minimum atomic E-state index is -0.969. The van der Waals surface area contributed by atoms with Crippen LogP contribution >= 0.6 is 0 Å². The van der Waals surface area contributed by atoms with E-state index in [1.807, 2.05) is 0 Å². The van der Waals surface area contributed by atoms with E-state index in [4.69, 9.17) is 0 Å². The highest BCUT2D eigenvalue weighted by Gasteiger charge is 2.63. The van der Waals surface area contributed by atoms with E-state index in [2.05, 4.69) is 17.3 Å². The number of halogens is 2. The molecule has 7 nitrogen and oxygen atoms in total. The van der Waals surface area contributed by atoms with Crippen LogP contribution in [0.5, 0.6) is 5.75 Å². The molecule has 168 valence electrons. The van der Waals surface area contributed by atoms with E-state index in [1.165, 1.54) is 23.3 Å². The average Bonchev–Trinajstić information content (AvgIpc) is 3.39. The van der Waals surface area contributed by atoms with E-state index >= 15 is 0 Å². The molecule has 3 aliphatic rings. The Labute approximate surface area is 182 Å². The van der Waals surface area contributed by atoms with Gasteiger partial charge in [0.05, 0.1) is 0 Å². The van der Waals surface area contributed by atoms with Gasteiger partial charge in [0.2, 0.25) is 5.43 Å². The molecule has 0 radical (unpaired) electrons. The molecule has 5 rings (SSSR count). The maximum Gasteiger partial charge on any atom is 0.257 e. The molecule has 2 aromatic rings. The van der Waals surface area contributed by atoms with Gasteiger partial charge in [-0.3, -0.25) is 19.3 Å². The third-order valence-corrected chi connectivity index (χ3v) is 7.48. The summed E-state index contributed by atoms with van der Waals surface area (Å²) in [7, 11) is 2.05. The first-order valence-corrected chi connectivity index (χ1v) is 10.7. The zero-order valence-corrected chi connectivity index (χ0v) is 17.4. The summed E-state index contributed by atoms with van der Waals surface area (Å²) in [6.45, 7) is 0.106. The highest BCUT2D eigenvalue weighted by molar-refractivity contribution is 5.95. The molecule has 5 atom stereocenters. The topological polar surface area (TPSA) is 91.6 Å². The van der Waals surface area contributed by atoms with E-state index in [1.54, 1.807) is 0 Å². The van der Waals surface area contributed by atoms with Crippen LogP contribution in [0.3, 0.4) is 0 Å². The Morgan fingerprint density at radius 1 is 1.25 bits per heavy atom. The molecule has 3 fully saturated rings. The normalized spacial score (nSPS) is 27.9. The van der Waals surface area contributed by atoms with Gasteiger partial charge < -0.3 is 15.0 Å². The molecule has 2 aliphatic carbocycles. The number of pyridine rings is 1. The largest absolute Gasteiger partial charge is 0.503 e. The lowest BCUT2D eigenvalue weighted by atomic mass is 9.96. The predicted octanol–water partition coefficient (Wildman–Crippen LogP) is 1.91. The minimum absolute atomic E-state index is 0.0522. The quantitative estimate of drug-likeness (QED) is 0.666. The van der Waals surface area contributed by atoms with Gasteiger partial charge in [-0.25, -0.2) is 8.78 Å². The van der Waals surface area contributed by atoms with Crippen LogP contribution in [0.4, 0.5) is 8.78 Å². The Kier molecular flexibility index (Phi) is 4.88. The van der Waals surface area contributed by atoms with Crippen molar-refractivity contribution in [1.29, 1.82) is 0 Å². The van der Waals surface area contributed by atoms with Crippen LogP contribution in [0.1, 0.15) is 39.3 Å². The van der Waals surface area contributed by atoms with Crippen molar-refractivity contribution in [2.24, 2.45) is 17.8 Å². The number of likely N-dealkylation sites (N-methyl/N-ethyl adjacent to an activating group) is 1. The van der Waals surface area contributed by atoms with Crippen LogP contribution in [0.25, 0.3) is 0 Å². The number of hydrogen-bond donors (Lipinski definition) is 2. The monoisotopic (exact) mass is 443 g/mol. The van der Waals surface area contributed by atoms with Crippen LogP contribution in [-0.2, 0) is 13.1 Å². The number of benzene rings is 1. The smallest absolute Gasteiger partial charge is 0.257 e. The summed E-state index contributed by atoms with van der Waals surface area (Å²) >= 11 is 0. The van der Waals surface area contributed by atoms with Gasteiger partial charge in [0, 0.05) is 43.0 Å². The SMILES string of the molecule is CN1C2CC(C3CC32)C1Cn1cc(C(=O)NCc2ccc(F)cc2F)c(=O)c(O)c1C=O. The molecule has 1 aromatic carbocycles. The summed E-state index contributed by atoms with van der Waals surface area (Å²) in [6, 6.07) is 3.64. The van der Waals surface area contributed by atoms with E-state index in [0.717, 1.165) is 18.4 Å². The number of rotatable bonds is 6. The fraction of sp³-hybridized carbons (Fsp3) is 0.435. The van der Waals surface area contributed by atoms with E-state index in [-0.39, 0.29) is 29.4 Å². The molecule has 1 aliphatic heterocycles. The Morgan fingerprint density at radius 3 is 2.72 bits per heavy atom. The van der Waals surface area contributed by atoms with Crippen molar-refractivity contribution >= 4 is 12.2 Å². The zero-order chi connectivity index (χ0) is 22.7. The Balaban J connectivity index is 1.40. The number of likely N-dealkylation sites (tertiary alicyclic amines) is 1. The van der Waals surface area contributed by atoms with Gasteiger partial charge in [0.1, 0.15) is 22.9 Å². The third kappa shape index (κ3) is 3.23. The summed E-state index contributed by atoms with van der Waals surface area (Å²) in [5, 5.41) is 12.8. The van der Waals surface area contributed by atoms with E-state index in [0.29, 0.717) is 36.8 Å². The zero-order valence-electron chi connectivity index (χ0n) is 17.4. The number of aldehydes is 1. The second-order valence-electron chi connectivity index (χ2n) is 9.06. The molecule has 5 unspecified atom stereocenters. The molecule has 2 N–H and O–H groups in total. The lowest BCUT2D eigenvalue weighted by Crippen LogP contribution is -2.42. The number of aromatic nitrogens is 1. The number of nitrogens with zero attached hydrogens (tertiary/aromatic N) is 2. The molecule has 2 saturated carbocycles. The molecule has 1 amide bonds. The lowest BCUT2D eigenvalue weighted by molar-refractivity contribution is 0.0945. The molecule has 32 heavy (non-hydrogen) atoms. The standard InChI is InChI=1S/C23H23F2N3O4/c1-27-18-6-15(13-5-14(13)18)19(27)9-28-8-16(21(30)22(31)20(28)10-29)23(32)26-7-11-2-3-12(24)4-17(11)25/h2-4,8,10,13-15,18-19,31H,5-7,9H2,1H3,(H,26,32).